The predicted molar refractivity (Wildman–Crippen MR) is 113 cm³/mol. The van der Waals surface area contributed by atoms with Crippen molar-refractivity contribution in [1.29, 1.82) is 0 Å². The van der Waals surface area contributed by atoms with E-state index < -0.39 is 0 Å². The van der Waals surface area contributed by atoms with Crippen molar-refractivity contribution < 1.29 is 9.53 Å². The number of ether oxygens (including phenoxy) is 1. The number of fused-ring (bicyclic) bond motifs is 1. The van der Waals surface area contributed by atoms with Gasteiger partial charge in [0, 0.05) is 18.2 Å². The fraction of sp³-hybridized carbons (Fsp3) is 0.292. The van der Waals surface area contributed by atoms with Gasteiger partial charge < -0.3 is 10.1 Å². The Bertz CT molecular complexity index is 1060. The van der Waals surface area contributed by atoms with Crippen molar-refractivity contribution in [3.05, 3.63) is 76.7 Å². The zero-order chi connectivity index (χ0) is 20.4. The van der Waals surface area contributed by atoms with Crippen molar-refractivity contribution in [3.63, 3.8) is 0 Å². The Kier molecular flexibility index (Phi) is 5.30. The van der Waals surface area contributed by atoms with E-state index in [0.717, 1.165) is 51.5 Å². The molecule has 0 bridgehead atoms. The summed E-state index contributed by atoms with van der Waals surface area (Å²) in [6.45, 7) is 6.45. The van der Waals surface area contributed by atoms with E-state index in [9.17, 15) is 4.79 Å². The number of carbonyl (C=O) groups excluding carboxylic acids is 1. The average molecular weight is 387 g/mol. The lowest BCUT2D eigenvalue weighted by atomic mass is 10.0. The molecule has 0 unspecified atom stereocenters. The molecular weight excluding hydrogens is 362 g/mol. The molecule has 1 amide bonds. The molecule has 1 aliphatic heterocycles. The number of hydrogen-bond donors (Lipinski definition) is 1. The van der Waals surface area contributed by atoms with Gasteiger partial charge in [-0.3, -0.25) is 9.78 Å². The Balaban J connectivity index is 1.38. The highest BCUT2D eigenvalue weighted by Crippen LogP contribution is 2.33. The van der Waals surface area contributed by atoms with E-state index in [4.69, 9.17) is 4.74 Å². The number of nitrogens with one attached hydrogen (secondary N) is 1. The first-order chi connectivity index (χ1) is 14.0. The first-order valence-corrected chi connectivity index (χ1v) is 9.90. The molecule has 2 heterocycles. The van der Waals surface area contributed by atoms with E-state index in [1.807, 2.05) is 57.2 Å². The summed E-state index contributed by atoms with van der Waals surface area (Å²) in [6.07, 6.45) is 2.89. The lowest BCUT2D eigenvalue weighted by Crippen LogP contribution is -2.35. The maximum absolute atomic E-state index is 12.3. The first-order valence-electron chi connectivity index (χ1n) is 9.90. The van der Waals surface area contributed by atoms with Crippen LogP contribution < -0.4 is 10.1 Å². The summed E-state index contributed by atoms with van der Waals surface area (Å²) in [6, 6.07) is 14.2. The SMILES string of the molecule is Cc1cccc(CC(=O)NC[C@H]2Cc3cc(-c4nc(C)cnc4C)ccc3O2)c1. The van der Waals surface area contributed by atoms with Crippen LogP contribution in [0.3, 0.4) is 0 Å². The average Bonchev–Trinajstić information content (AvgIpc) is 3.10. The third kappa shape index (κ3) is 4.45. The number of aromatic nitrogens is 2. The standard InChI is InChI=1S/C24H25N3O2/c1-15-5-4-6-18(9-15)10-23(28)26-14-21-12-20-11-19(7-8-22(20)29-21)24-17(3)25-13-16(2)27-24/h4-9,11,13,21H,10,12,14H2,1-3H3,(H,26,28)/t21-/m1/s1. The fourth-order valence-electron chi connectivity index (χ4n) is 3.69. The number of amides is 1. The van der Waals surface area contributed by atoms with Crippen LogP contribution in [0.4, 0.5) is 0 Å². The highest BCUT2D eigenvalue weighted by molar-refractivity contribution is 5.78. The quantitative estimate of drug-likeness (QED) is 0.725. The van der Waals surface area contributed by atoms with Crippen molar-refractivity contribution in [2.45, 2.75) is 39.7 Å². The van der Waals surface area contributed by atoms with Gasteiger partial charge in [0.05, 0.1) is 30.0 Å². The van der Waals surface area contributed by atoms with Crippen LogP contribution in [0.1, 0.15) is 28.1 Å². The molecular formula is C24H25N3O2. The molecule has 29 heavy (non-hydrogen) atoms. The highest BCUT2D eigenvalue weighted by atomic mass is 16.5. The Morgan fingerprint density at radius 1 is 1.17 bits per heavy atom. The van der Waals surface area contributed by atoms with E-state index >= 15 is 0 Å². The van der Waals surface area contributed by atoms with Crippen LogP contribution in [0, 0.1) is 20.8 Å². The monoisotopic (exact) mass is 387 g/mol. The van der Waals surface area contributed by atoms with E-state index in [2.05, 4.69) is 21.4 Å². The van der Waals surface area contributed by atoms with Crippen LogP contribution in [0.15, 0.2) is 48.7 Å². The molecule has 0 saturated carbocycles. The largest absolute Gasteiger partial charge is 0.488 e. The summed E-state index contributed by atoms with van der Waals surface area (Å²) in [5.41, 5.74) is 7.09. The number of rotatable bonds is 5. The zero-order valence-electron chi connectivity index (χ0n) is 17.0. The van der Waals surface area contributed by atoms with Crippen molar-refractivity contribution in [2.75, 3.05) is 6.54 Å². The summed E-state index contributed by atoms with van der Waals surface area (Å²) in [7, 11) is 0. The van der Waals surface area contributed by atoms with Gasteiger partial charge in [-0.1, -0.05) is 29.8 Å². The van der Waals surface area contributed by atoms with Crippen LogP contribution in [0.2, 0.25) is 0 Å². The zero-order valence-corrected chi connectivity index (χ0v) is 17.0. The third-order valence-corrected chi connectivity index (χ3v) is 5.13. The lowest BCUT2D eigenvalue weighted by Gasteiger charge is -2.12. The molecule has 0 radical (unpaired) electrons. The van der Waals surface area contributed by atoms with Crippen molar-refractivity contribution in [1.82, 2.24) is 15.3 Å². The van der Waals surface area contributed by atoms with Gasteiger partial charge in [0.15, 0.2) is 0 Å². The van der Waals surface area contributed by atoms with Crippen molar-refractivity contribution >= 4 is 5.91 Å². The predicted octanol–water partition coefficient (Wildman–Crippen LogP) is 3.73. The maximum atomic E-state index is 12.3. The van der Waals surface area contributed by atoms with Gasteiger partial charge in [-0.25, -0.2) is 4.98 Å². The number of aryl methyl sites for hydroxylation is 3. The molecule has 148 valence electrons. The van der Waals surface area contributed by atoms with Crippen molar-refractivity contribution in [3.8, 4) is 17.0 Å². The van der Waals surface area contributed by atoms with Gasteiger partial charge in [-0.15, -0.1) is 0 Å². The summed E-state index contributed by atoms with van der Waals surface area (Å²) in [5.74, 6) is 0.895. The second kappa shape index (κ2) is 8.03. The van der Waals surface area contributed by atoms with Gasteiger partial charge in [-0.2, -0.15) is 0 Å². The molecule has 0 fully saturated rings. The molecule has 0 saturated heterocycles. The minimum absolute atomic E-state index is 0.0153. The Hall–Kier alpha value is -3.21. The Morgan fingerprint density at radius 3 is 2.86 bits per heavy atom. The Labute approximate surface area is 171 Å². The molecule has 4 rings (SSSR count). The van der Waals surface area contributed by atoms with Crippen LogP contribution in [-0.4, -0.2) is 28.5 Å². The second-order valence-electron chi connectivity index (χ2n) is 7.68. The molecule has 5 nitrogen and oxygen atoms in total. The maximum Gasteiger partial charge on any atom is 0.224 e. The minimum atomic E-state index is -0.0496. The fourth-order valence-corrected chi connectivity index (χ4v) is 3.69. The third-order valence-electron chi connectivity index (χ3n) is 5.13. The second-order valence-corrected chi connectivity index (χ2v) is 7.68. The highest BCUT2D eigenvalue weighted by Gasteiger charge is 2.24. The smallest absolute Gasteiger partial charge is 0.224 e. The number of hydrogen-bond acceptors (Lipinski definition) is 4. The molecule has 0 aliphatic carbocycles. The molecule has 5 heteroatoms. The number of nitrogens with zero attached hydrogens (tertiary/aromatic N) is 2. The van der Waals surface area contributed by atoms with Crippen LogP contribution in [0.5, 0.6) is 5.75 Å². The van der Waals surface area contributed by atoms with E-state index in [1.54, 1.807) is 6.20 Å². The minimum Gasteiger partial charge on any atom is -0.488 e. The number of benzene rings is 2. The van der Waals surface area contributed by atoms with Gasteiger partial charge in [0.2, 0.25) is 5.91 Å². The van der Waals surface area contributed by atoms with Crippen LogP contribution in [0.25, 0.3) is 11.3 Å². The van der Waals surface area contributed by atoms with Crippen molar-refractivity contribution in [2.24, 2.45) is 0 Å². The van der Waals surface area contributed by atoms with E-state index in [-0.39, 0.29) is 12.0 Å². The summed E-state index contributed by atoms with van der Waals surface area (Å²) < 4.78 is 6.02. The molecule has 1 aromatic heterocycles. The van der Waals surface area contributed by atoms with Crippen LogP contribution in [-0.2, 0) is 17.6 Å². The van der Waals surface area contributed by atoms with E-state index in [0.29, 0.717) is 13.0 Å². The van der Waals surface area contributed by atoms with Gasteiger partial charge in [0.25, 0.3) is 0 Å². The summed E-state index contributed by atoms with van der Waals surface area (Å²) >= 11 is 0. The lowest BCUT2D eigenvalue weighted by molar-refractivity contribution is -0.120. The Morgan fingerprint density at radius 2 is 2.03 bits per heavy atom. The number of carbonyl (C=O) groups is 1. The first kappa shape index (κ1) is 19.1. The van der Waals surface area contributed by atoms with Gasteiger partial charge in [-0.05, 0) is 50.1 Å². The molecule has 1 aliphatic rings. The van der Waals surface area contributed by atoms with Gasteiger partial charge in [0.1, 0.15) is 11.9 Å². The normalized spacial score (nSPS) is 14.9. The molecule has 1 N–H and O–H groups in total. The topological polar surface area (TPSA) is 64.1 Å². The van der Waals surface area contributed by atoms with E-state index in [1.165, 1.54) is 0 Å². The van der Waals surface area contributed by atoms with Gasteiger partial charge >= 0.3 is 0 Å². The van der Waals surface area contributed by atoms with Crippen LogP contribution >= 0.6 is 0 Å². The summed E-state index contributed by atoms with van der Waals surface area (Å²) in [5, 5.41) is 3.00. The molecule has 1 atom stereocenters. The molecule has 3 aromatic rings. The molecule has 2 aromatic carbocycles. The summed E-state index contributed by atoms with van der Waals surface area (Å²) in [4.78, 5) is 21.3. The molecule has 0 spiro atoms.